The largest absolute Gasteiger partial charge is 0.494 e. The third-order valence-corrected chi connectivity index (χ3v) is 4.04. The van der Waals surface area contributed by atoms with Gasteiger partial charge in [0.2, 0.25) is 0 Å². The predicted octanol–water partition coefficient (Wildman–Crippen LogP) is 4.43. The minimum Gasteiger partial charge on any atom is -0.494 e. The Hall–Kier alpha value is -2.88. The van der Waals surface area contributed by atoms with Crippen molar-refractivity contribution in [3.63, 3.8) is 0 Å². The molecule has 0 N–H and O–H groups in total. The third-order valence-electron chi connectivity index (χ3n) is 4.04. The molecule has 2 aromatic heterocycles. The molecule has 4 nitrogen and oxygen atoms in total. The molecule has 1 aromatic carbocycles. The Labute approximate surface area is 147 Å². The minimum atomic E-state index is -0.0322. The van der Waals surface area contributed by atoms with Crippen molar-refractivity contribution in [1.82, 2.24) is 9.55 Å². The maximum absolute atomic E-state index is 13.0. The molecule has 0 fully saturated rings. The van der Waals surface area contributed by atoms with Crippen LogP contribution in [0.3, 0.4) is 0 Å². The van der Waals surface area contributed by atoms with E-state index in [1.165, 1.54) is 0 Å². The van der Waals surface area contributed by atoms with E-state index in [1.54, 1.807) is 10.8 Å². The van der Waals surface area contributed by atoms with Crippen molar-refractivity contribution in [2.75, 3.05) is 6.61 Å². The van der Waals surface area contributed by atoms with Crippen molar-refractivity contribution < 1.29 is 4.74 Å². The van der Waals surface area contributed by atoms with Crippen LogP contribution in [0.5, 0.6) is 5.75 Å². The zero-order chi connectivity index (χ0) is 17.6. The Morgan fingerprint density at radius 1 is 1.24 bits per heavy atom. The molecule has 0 saturated carbocycles. The molecule has 0 saturated heterocycles. The summed E-state index contributed by atoms with van der Waals surface area (Å²) in [6.45, 7) is 7.08. The van der Waals surface area contributed by atoms with Gasteiger partial charge >= 0.3 is 0 Å². The summed E-state index contributed by atoms with van der Waals surface area (Å²) in [5, 5.41) is 0.951. The Morgan fingerprint density at radius 3 is 2.76 bits per heavy atom. The Kier molecular flexibility index (Phi) is 5.29. The van der Waals surface area contributed by atoms with Crippen molar-refractivity contribution in [1.29, 1.82) is 0 Å². The average Bonchev–Trinajstić information content (AvgIpc) is 2.66. The van der Waals surface area contributed by atoms with Crippen LogP contribution >= 0.6 is 0 Å². The molecule has 3 aromatic rings. The smallest absolute Gasteiger partial charge is 0.260 e. The number of aryl methyl sites for hydroxylation is 1. The Balaban J connectivity index is 2.08. The van der Waals surface area contributed by atoms with E-state index in [0.29, 0.717) is 24.4 Å². The van der Waals surface area contributed by atoms with Gasteiger partial charge in [0.25, 0.3) is 5.56 Å². The first kappa shape index (κ1) is 17.0. The summed E-state index contributed by atoms with van der Waals surface area (Å²) in [6, 6.07) is 13.5. The lowest BCUT2D eigenvalue weighted by Gasteiger charge is -2.12. The first-order valence-corrected chi connectivity index (χ1v) is 8.57. The van der Waals surface area contributed by atoms with Crippen molar-refractivity contribution in [3.05, 3.63) is 71.7 Å². The Bertz CT molecular complexity index is 927. The summed E-state index contributed by atoms with van der Waals surface area (Å²) in [5.41, 5.74) is 2.23. The summed E-state index contributed by atoms with van der Waals surface area (Å²) in [6.07, 6.45) is 5.21. The van der Waals surface area contributed by atoms with Crippen LogP contribution in [-0.2, 0) is 6.54 Å². The first-order valence-electron chi connectivity index (χ1n) is 8.57. The zero-order valence-corrected chi connectivity index (χ0v) is 14.4. The lowest BCUT2D eigenvalue weighted by molar-refractivity contribution is 0.317. The van der Waals surface area contributed by atoms with Gasteiger partial charge in [-0.15, -0.1) is 6.58 Å². The van der Waals surface area contributed by atoms with E-state index < -0.39 is 0 Å². The second-order valence-corrected chi connectivity index (χ2v) is 5.88. The topological polar surface area (TPSA) is 44.1 Å². The SMILES string of the molecule is C=CCCn1c(=O)c(-c2ccc(OCCC)cc2)cc2cccnc21. The highest BCUT2D eigenvalue weighted by atomic mass is 16.5. The molecule has 0 aliphatic rings. The summed E-state index contributed by atoms with van der Waals surface area (Å²) in [7, 11) is 0. The zero-order valence-electron chi connectivity index (χ0n) is 14.4. The standard InChI is InChI=1S/C21H22N2O2/c1-3-5-13-23-20-17(7-6-12-22-20)15-19(21(23)24)16-8-10-18(11-9-16)25-14-4-2/h3,6-12,15H,1,4-5,13-14H2,2H3. The number of allylic oxidation sites excluding steroid dienone is 1. The lowest BCUT2D eigenvalue weighted by atomic mass is 10.1. The second-order valence-electron chi connectivity index (χ2n) is 5.88. The molecule has 3 rings (SSSR count). The van der Waals surface area contributed by atoms with Gasteiger partial charge in [-0.3, -0.25) is 9.36 Å². The van der Waals surface area contributed by atoms with Gasteiger partial charge in [0.1, 0.15) is 11.4 Å². The van der Waals surface area contributed by atoms with Gasteiger partial charge in [-0.1, -0.05) is 25.1 Å². The second kappa shape index (κ2) is 7.79. The maximum Gasteiger partial charge on any atom is 0.260 e. The van der Waals surface area contributed by atoms with E-state index in [1.807, 2.05) is 48.5 Å². The van der Waals surface area contributed by atoms with E-state index in [2.05, 4.69) is 18.5 Å². The molecule has 0 bridgehead atoms. The monoisotopic (exact) mass is 334 g/mol. The fourth-order valence-electron chi connectivity index (χ4n) is 2.79. The average molecular weight is 334 g/mol. The van der Waals surface area contributed by atoms with Crippen LogP contribution in [0.25, 0.3) is 22.2 Å². The summed E-state index contributed by atoms with van der Waals surface area (Å²) in [4.78, 5) is 17.4. The molecule has 4 heteroatoms. The molecule has 0 radical (unpaired) electrons. The van der Waals surface area contributed by atoms with Gasteiger partial charge in [0.15, 0.2) is 0 Å². The van der Waals surface area contributed by atoms with Crippen molar-refractivity contribution in [3.8, 4) is 16.9 Å². The van der Waals surface area contributed by atoms with E-state index in [4.69, 9.17) is 4.74 Å². The van der Waals surface area contributed by atoms with Crippen LogP contribution < -0.4 is 10.3 Å². The quantitative estimate of drug-likeness (QED) is 0.600. The summed E-state index contributed by atoms with van der Waals surface area (Å²) < 4.78 is 7.35. The van der Waals surface area contributed by atoms with Gasteiger partial charge in [-0.25, -0.2) is 4.98 Å². The van der Waals surface area contributed by atoms with Gasteiger partial charge in [0, 0.05) is 23.7 Å². The fourth-order valence-corrected chi connectivity index (χ4v) is 2.79. The van der Waals surface area contributed by atoms with Crippen LogP contribution in [0.15, 0.2) is 66.1 Å². The molecule has 0 aliphatic carbocycles. The first-order chi connectivity index (χ1) is 12.2. The number of fused-ring (bicyclic) bond motifs is 1. The highest BCUT2D eigenvalue weighted by Gasteiger charge is 2.11. The highest BCUT2D eigenvalue weighted by molar-refractivity contribution is 5.81. The highest BCUT2D eigenvalue weighted by Crippen LogP contribution is 2.23. The maximum atomic E-state index is 13.0. The number of ether oxygens (including phenoxy) is 1. The minimum absolute atomic E-state index is 0.0322. The normalized spacial score (nSPS) is 10.8. The van der Waals surface area contributed by atoms with Crippen LogP contribution in [-0.4, -0.2) is 16.2 Å². The van der Waals surface area contributed by atoms with Crippen LogP contribution in [0.4, 0.5) is 0 Å². The van der Waals surface area contributed by atoms with E-state index in [0.717, 1.165) is 29.5 Å². The van der Waals surface area contributed by atoms with Crippen LogP contribution in [0.2, 0.25) is 0 Å². The molecule has 2 heterocycles. The van der Waals surface area contributed by atoms with Crippen LogP contribution in [0, 0.1) is 0 Å². The Morgan fingerprint density at radius 2 is 2.04 bits per heavy atom. The number of benzene rings is 1. The molecular weight excluding hydrogens is 312 g/mol. The predicted molar refractivity (Wildman–Crippen MR) is 102 cm³/mol. The number of nitrogens with zero attached hydrogens (tertiary/aromatic N) is 2. The van der Waals surface area contributed by atoms with Crippen molar-refractivity contribution in [2.24, 2.45) is 0 Å². The molecule has 0 aliphatic heterocycles. The number of hydrogen-bond donors (Lipinski definition) is 0. The van der Waals surface area contributed by atoms with Crippen molar-refractivity contribution >= 4 is 11.0 Å². The van der Waals surface area contributed by atoms with E-state index in [9.17, 15) is 4.79 Å². The summed E-state index contributed by atoms with van der Waals surface area (Å²) >= 11 is 0. The molecule has 0 unspecified atom stereocenters. The number of hydrogen-bond acceptors (Lipinski definition) is 3. The summed E-state index contributed by atoms with van der Waals surface area (Å²) in [5.74, 6) is 0.819. The molecule has 0 atom stereocenters. The molecular formula is C21H22N2O2. The van der Waals surface area contributed by atoms with Gasteiger partial charge in [0.05, 0.1) is 6.61 Å². The molecule has 25 heavy (non-hydrogen) atoms. The fraction of sp³-hybridized carbons (Fsp3) is 0.238. The molecule has 128 valence electrons. The third kappa shape index (κ3) is 3.63. The van der Waals surface area contributed by atoms with Gasteiger partial charge in [-0.2, -0.15) is 0 Å². The van der Waals surface area contributed by atoms with Crippen LogP contribution in [0.1, 0.15) is 19.8 Å². The number of rotatable bonds is 7. The lowest BCUT2D eigenvalue weighted by Crippen LogP contribution is -2.22. The number of pyridine rings is 2. The van der Waals surface area contributed by atoms with E-state index >= 15 is 0 Å². The van der Waals surface area contributed by atoms with E-state index in [-0.39, 0.29) is 5.56 Å². The molecule has 0 spiro atoms. The van der Waals surface area contributed by atoms with Crippen molar-refractivity contribution in [2.45, 2.75) is 26.3 Å². The van der Waals surface area contributed by atoms with Gasteiger partial charge in [-0.05, 0) is 48.7 Å². The van der Waals surface area contributed by atoms with Gasteiger partial charge < -0.3 is 4.74 Å². The molecule has 0 amide bonds. The number of aromatic nitrogens is 2.